The first-order valence-electron chi connectivity index (χ1n) is 3.29. The molecule has 0 saturated carbocycles. The van der Waals surface area contributed by atoms with Crippen molar-refractivity contribution in [1.82, 2.24) is 15.2 Å². The summed E-state index contributed by atoms with van der Waals surface area (Å²) in [4.78, 5) is 14.0. The number of aryl methyl sites for hydroxylation is 2. The molecule has 80 valence electrons. The van der Waals surface area contributed by atoms with E-state index < -0.39 is 10.9 Å². The molecule has 1 aromatic rings. The summed E-state index contributed by atoms with van der Waals surface area (Å²) in [5, 5.41) is 2.68. The lowest BCUT2D eigenvalue weighted by Gasteiger charge is -1.91. The third kappa shape index (κ3) is 8.51. The number of aromatic amines is 1. The first-order chi connectivity index (χ1) is 6.20. The van der Waals surface area contributed by atoms with Gasteiger partial charge in [0.05, 0.1) is 11.4 Å². The molecular weight excluding hydrogens is 271 g/mol. The Morgan fingerprint density at radius 3 is 1.93 bits per heavy atom. The number of halogens is 3. The van der Waals surface area contributed by atoms with Crippen LogP contribution >= 0.6 is 38.9 Å². The summed E-state index contributed by atoms with van der Waals surface area (Å²) in [6, 6.07) is 0. The average Bonchev–Trinajstić information content (AvgIpc) is 1.94. The molecule has 0 saturated heterocycles. The zero-order chi connectivity index (χ0) is 11.4. The third-order valence-electron chi connectivity index (χ3n) is 1.11. The van der Waals surface area contributed by atoms with Gasteiger partial charge in [0.2, 0.25) is 0 Å². The van der Waals surface area contributed by atoms with Gasteiger partial charge in [0, 0.05) is 0 Å². The van der Waals surface area contributed by atoms with E-state index in [0.717, 1.165) is 5.69 Å². The highest BCUT2D eigenvalue weighted by Crippen LogP contribution is 2.61. The number of hydrogen-bond acceptors (Lipinski definition) is 4. The highest BCUT2D eigenvalue weighted by atomic mass is 36.0. The van der Waals surface area contributed by atoms with Crippen LogP contribution in [0, 0.1) is 13.8 Å². The minimum absolute atomic E-state index is 0.391. The third-order valence-corrected chi connectivity index (χ3v) is 1.11. The number of hydrogen-bond donors (Lipinski definition) is 1. The lowest BCUT2D eigenvalue weighted by atomic mass is 10.4. The lowest BCUT2D eigenvalue weighted by molar-refractivity contribution is 0.600. The number of nitrogens with zero attached hydrogens (tertiary/aromatic N) is 2. The molecule has 0 aliphatic heterocycles. The Morgan fingerprint density at radius 2 is 1.64 bits per heavy atom. The van der Waals surface area contributed by atoms with Crippen LogP contribution in [0.25, 0.3) is 0 Å². The van der Waals surface area contributed by atoms with E-state index in [2.05, 4.69) is 48.9 Å². The summed E-state index contributed by atoms with van der Waals surface area (Å²) in [5.41, 5.74) is 1.05. The van der Waals surface area contributed by atoms with Gasteiger partial charge < -0.3 is 0 Å². The molecule has 5 nitrogen and oxygen atoms in total. The predicted molar refractivity (Wildman–Crippen MR) is 57.3 cm³/mol. The Kier molecular flexibility index (Phi) is 5.67. The molecule has 1 N–H and O–H groups in total. The van der Waals surface area contributed by atoms with Crippen molar-refractivity contribution < 1.29 is 4.57 Å². The van der Waals surface area contributed by atoms with Gasteiger partial charge in [0.25, 0.3) is 0 Å². The molecule has 1 heterocycles. The van der Waals surface area contributed by atoms with Crippen molar-refractivity contribution in [3.8, 4) is 0 Å². The van der Waals surface area contributed by atoms with E-state index in [4.69, 9.17) is 0 Å². The van der Waals surface area contributed by atoms with Crippen LogP contribution in [0.4, 0.5) is 0 Å². The second-order valence-electron chi connectivity index (χ2n) is 2.21. The summed E-state index contributed by atoms with van der Waals surface area (Å²) in [6.07, 6.45) is 0. The first-order valence-corrected chi connectivity index (χ1v) is 7.71. The van der Waals surface area contributed by atoms with Crippen LogP contribution in [-0.4, -0.2) is 15.2 Å². The van der Waals surface area contributed by atoms with Crippen molar-refractivity contribution in [2.24, 2.45) is 0 Å². The molecule has 0 fully saturated rings. The van der Waals surface area contributed by atoms with Gasteiger partial charge in [-0.1, -0.05) is 0 Å². The van der Waals surface area contributed by atoms with Crippen LogP contribution in [0.1, 0.15) is 11.4 Å². The summed E-state index contributed by atoms with van der Waals surface area (Å²) >= 11 is 13.8. The Balaban J connectivity index is 0.000000292. The van der Waals surface area contributed by atoms with Crippen molar-refractivity contribution in [3.05, 3.63) is 21.9 Å². The van der Waals surface area contributed by atoms with Gasteiger partial charge in [-0.2, -0.15) is 10.1 Å². The van der Waals surface area contributed by atoms with Crippen molar-refractivity contribution >= 4 is 38.9 Å². The van der Waals surface area contributed by atoms with Crippen molar-refractivity contribution in [2.45, 2.75) is 13.8 Å². The Bertz CT molecular complexity index is 393. The Labute approximate surface area is 94.5 Å². The van der Waals surface area contributed by atoms with Crippen LogP contribution in [0.15, 0.2) is 4.79 Å². The summed E-state index contributed by atoms with van der Waals surface area (Å²) < 4.78 is 9.51. The SMILES string of the molecule is Cc1n[nH]c(=O)nc1C.O=P(Cl)(Cl)Cl. The molecule has 0 radical (unpaired) electrons. The van der Waals surface area contributed by atoms with Crippen molar-refractivity contribution in [1.29, 1.82) is 0 Å². The smallest absolute Gasteiger partial charge is 0.271 e. The highest BCUT2D eigenvalue weighted by Gasteiger charge is 2.02. The fourth-order valence-electron chi connectivity index (χ4n) is 0.471. The Hall–Kier alpha value is -0.0900. The molecule has 14 heavy (non-hydrogen) atoms. The van der Waals surface area contributed by atoms with Gasteiger partial charge in [0.1, 0.15) is 0 Å². The summed E-state index contributed by atoms with van der Waals surface area (Å²) in [5.74, 6) is 0. The standard InChI is InChI=1S/C5H7N3O.Cl3OP/c1-3-4(2)7-8-5(9)6-3;1-5(2,3)4/h1-2H3,(H,6,8,9);. The first kappa shape index (κ1) is 13.9. The topological polar surface area (TPSA) is 75.7 Å². The fourth-order valence-corrected chi connectivity index (χ4v) is 0.471. The van der Waals surface area contributed by atoms with Gasteiger partial charge in [-0.15, -0.1) is 0 Å². The van der Waals surface area contributed by atoms with Crippen LogP contribution < -0.4 is 5.69 Å². The maximum absolute atomic E-state index is 10.4. The van der Waals surface area contributed by atoms with Gasteiger partial charge in [-0.25, -0.2) is 9.89 Å². The van der Waals surface area contributed by atoms with Crippen LogP contribution in [0.2, 0.25) is 0 Å². The van der Waals surface area contributed by atoms with Crippen LogP contribution in [0.3, 0.4) is 0 Å². The zero-order valence-electron chi connectivity index (χ0n) is 7.29. The predicted octanol–water partition coefficient (Wildman–Crippen LogP) is 2.59. The van der Waals surface area contributed by atoms with E-state index in [1.54, 1.807) is 13.8 Å². The minimum atomic E-state index is -3.22. The molecular formula is C5H7Cl3N3O2P. The maximum atomic E-state index is 10.4. The molecule has 0 amide bonds. The monoisotopic (exact) mass is 277 g/mol. The molecule has 0 aromatic carbocycles. The largest absolute Gasteiger partial charge is 0.361 e. The highest BCUT2D eigenvalue weighted by molar-refractivity contribution is 8.24. The lowest BCUT2D eigenvalue weighted by Crippen LogP contribution is -2.14. The molecule has 0 atom stereocenters. The van der Waals surface area contributed by atoms with Crippen LogP contribution in [-0.2, 0) is 4.57 Å². The molecule has 0 aliphatic carbocycles. The molecule has 1 rings (SSSR count). The molecule has 0 spiro atoms. The second-order valence-corrected chi connectivity index (χ2v) is 8.85. The molecule has 0 unspecified atom stereocenters. The van der Waals surface area contributed by atoms with Gasteiger partial charge >= 0.3 is 10.9 Å². The zero-order valence-corrected chi connectivity index (χ0v) is 10.5. The van der Waals surface area contributed by atoms with Crippen LogP contribution in [0.5, 0.6) is 0 Å². The quantitative estimate of drug-likeness (QED) is 0.740. The second kappa shape index (κ2) is 5.71. The van der Waals surface area contributed by atoms with Gasteiger partial charge in [-0.3, -0.25) is 4.57 Å². The summed E-state index contributed by atoms with van der Waals surface area (Å²) in [6.45, 7) is 3.54. The molecule has 0 aliphatic rings. The van der Waals surface area contributed by atoms with E-state index in [1.807, 2.05) is 0 Å². The van der Waals surface area contributed by atoms with E-state index in [0.29, 0.717) is 5.69 Å². The van der Waals surface area contributed by atoms with Crippen molar-refractivity contribution in [2.75, 3.05) is 0 Å². The Morgan fingerprint density at radius 1 is 1.21 bits per heavy atom. The number of aromatic nitrogens is 3. The van der Waals surface area contributed by atoms with Crippen molar-refractivity contribution in [3.63, 3.8) is 0 Å². The molecule has 0 bridgehead atoms. The maximum Gasteiger partial charge on any atom is 0.361 e. The fraction of sp³-hybridized carbons (Fsp3) is 0.400. The van der Waals surface area contributed by atoms with E-state index in [9.17, 15) is 9.36 Å². The van der Waals surface area contributed by atoms with Gasteiger partial charge in [0.15, 0.2) is 0 Å². The number of rotatable bonds is 0. The minimum Gasteiger partial charge on any atom is -0.271 e. The van der Waals surface area contributed by atoms with E-state index >= 15 is 0 Å². The van der Waals surface area contributed by atoms with E-state index in [1.165, 1.54) is 0 Å². The number of nitrogens with one attached hydrogen (secondary N) is 1. The number of H-pyrrole nitrogens is 1. The molecule has 9 heteroatoms. The summed E-state index contributed by atoms with van der Waals surface area (Å²) in [7, 11) is 0. The average molecular weight is 278 g/mol. The normalized spacial score (nSPS) is 10.4. The van der Waals surface area contributed by atoms with Gasteiger partial charge in [-0.05, 0) is 47.6 Å². The molecule has 1 aromatic heterocycles. The van der Waals surface area contributed by atoms with E-state index in [-0.39, 0.29) is 0 Å².